The van der Waals surface area contributed by atoms with Crippen LogP contribution in [-0.4, -0.2) is 40.4 Å². The van der Waals surface area contributed by atoms with Gasteiger partial charge in [0.25, 0.3) is 5.91 Å². The number of nitrogens with zero attached hydrogens (tertiary/aromatic N) is 3. The van der Waals surface area contributed by atoms with E-state index in [0.29, 0.717) is 11.6 Å². The summed E-state index contributed by atoms with van der Waals surface area (Å²) in [6.07, 6.45) is 0. The molecule has 2 amide bonds. The second-order valence-corrected chi connectivity index (χ2v) is 4.76. The van der Waals surface area contributed by atoms with Crippen molar-refractivity contribution in [1.82, 2.24) is 15.0 Å². The number of hydrogen-bond donors (Lipinski definition) is 1. The van der Waals surface area contributed by atoms with Crippen LogP contribution in [0.2, 0.25) is 5.15 Å². The lowest BCUT2D eigenvalue weighted by Crippen LogP contribution is -2.35. The summed E-state index contributed by atoms with van der Waals surface area (Å²) in [4.78, 5) is 29.0. The second-order valence-electron chi connectivity index (χ2n) is 4.38. The van der Waals surface area contributed by atoms with Crippen molar-refractivity contribution in [2.75, 3.05) is 18.9 Å². The molecule has 1 N–H and O–H groups in total. The Labute approximate surface area is 125 Å². The number of carbonyl (C=O) groups is 2. The molecule has 21 heavy (non-hydrogen) atoms. The van der Waals surface area contributed by atoms with E-state index in [0.717, 1.165) is 0 Å². The first-order chi connectivity index (χ1) is 9.95. The van der Waals surface area contributed by atoms with E-state index in [-0.39, 0.29) is 23.3 Å². The Balaban J connectivity index is 1.95. The molecule has 8 heteroatoms. The lowest BCUT2D eigenvalue weighted by molar-refractivity contribution is -0.116. The Morgan fingerprint density at radius 3 is 2.81 bits per heavy atom. The SMILES string of the molecule is Cc1cc(NC(=O)CN(C)C(=O)c2cccc(Cl)n2)no1. The molecule has 0 aromatic carbocycles. The van der Waals surface area contributed by atoms with Gasteiger partial charge in [-0.05, 0) is 19.1 Å². The number of carbonyl (C=O) groups excluding carboxylic acids is 2. The quantitative estimate of drug-likeness (QED) is 0.869. The zero-order valence-electron chi connectivity index (χ0n) is 11.5. The monoisotopic (exact) mass is 308 g/mol. The highest BCUT2D eigenvalue weighted by Gasteiger charge is 2.17. The predicted molar refractivity (Wildman–Crippen MR) is 76.1 cm³/mol. The molecule has 0 bridgehead atoms. The van der Waals surface area contributed by atoms with Crippen molar-refractivity contribution in [2.24, 2.45) is 0 Å². The minimum Gasteiger partial charge on any atom is -0.360 e. The maximum Gasteiger partial charge on any atom is 0.272 e. The number of halogens is 1. The highest BCUT2D eigenvalue weighted by Crippen LogP contribution is 2.09. The summed E-state index contributed by atoms with van der Waals surface area (Å²) in [6, 6.07) is 6.30. The van der Waals surface area contributed by atoms with Crippen molar-refractivity contribution in [1.29, 1.82) is 0 Å². The van der Waals surface area contributed by atoms with E-state index >= 15 is 0 Å². The van der Waals surface area contributed by atoms with Crippen molar-refractivity contribution in [3.05, 3.63) is 40.9 Å². The molecule has 2 aromatic heterocycles. The van der Waals surface area contributed by atoms with Crippen LogP contribution in [0.15, 0.2) is 28.8 Å². The smallest absolute Gasteiger partial charge is 0.272 e. The van der Waals surface area contributed by atoms with Crippen molar-refractivity contribution >= 4 is 29.2 Å². The number of likely N-dealkylation sites (N-methyl/N-ethyl adjacent to an activating group) is 1. The number of aryl methyl sites for hydroxylation is 1. The van der Waals surface area contributed by atoms with Crippen LogP contribution in [0.1, 0.15) is 16.2 Å². The van der Waals surface area contributed by atoms with Gasteiger partial charge in [0.1, 0.15) is 16.6 Å². The molecule has 2 aromatic rings. The molecule has 0 aliphatic heterocycles. The summed E-state index contributed by atoms with van der Waals surface area (Å²) in [5.41, 5.74) is 0.176. The molecular formula is C13H13ClN4O3. The molecule has 0 saturated heterocycles. The highest BCUT2D eigenvalue weighted by molar-refractivity contribution is 6.29. The van der Waals surface area contributed by atoms with E-state index in [2.05, 4.69) is 15.5 Å². The van der Waals surface area contributed by atoms with E-state index in [1.807, 2.05) is 0 Å². The summed E-state index contributed by atoms with van der Waals surface area (Å²) in [7, 11) is 1.50. The third-order valence-electron chi connectivity index (χ3n) is 2.56. The molecule has 0 aliphatic rings. The number of rotatable bonds is 4. The summed E-state index contributed by atoms with van der Waals surface area (Å²) in [5.74, 6) is 0.0993. The Morgan fingerprint density at radius 2 is 2.19 bits per heavy atom. The number of aromatic nitrogens is 2. The zero-order chi connectivity index (χ0) is 15.4. The first-order valence-corrected chi connectivity index (χ1v) is 6.44. The normalized spacial score (nSPS) is 10.2. The topological polar surface area (TPSA) is 88.3 Å². The van der Waals surface area contributed by atoms with E-state index < -0.39 is 5.91 Å². The van der Waals surface area contributed by atoms with Crippen LogP contribution < -0.4 is 5.32 Å². The van der Waals surface area contributed by atoms with Crippen LogP contribution >= 0.6 is 11.6 Å². The van der Waals surface area contributed by atoms with Gasteiger partial charge >= 0.3 is 0 Å². The van der Waals surface area contributed by atoms with Crippen molar-refractivity contribution < 1.29 is 14.1 Å². The largest absolute Gasteiger partial charge is 0.360 e. The van der Waals surface area contributed by atoms with Gasteiger partial charge in [-0.1, -0.05) is 22.8 Å². The van der Waals surface area contributed by atoms with Gasteiger partial charge in [0.2, 0.25) is 5.91 Å². The van der Waals surface area contributed by atoms with Crippen LogP contribution in [0.25, 0.3) is 0 Å². The van der Waals surface area contributed by atoms with Crippen molar-refractivity contribution in [3.8, 4) is 0 Å². The van der Waals surface area contributed by atoms with Gasteiger partial charge in [-0.3, -0.25) is 9.59 Å². The van der Waals surface area contributed by atoms with Crippen LogP contribution in [-0.2, 0) is 4.79 Å². The molecule has 7 nitrogen and oxygen atoms in total. The van der Waals surface area contributed by atoms with E-state index in [1.54, 1.807) is 25.1 Å². The van der Waals surface area contributed by atoms with Gasteiger partial charge in [-0.2, -0.15) is 0 Å². The Morgan fingerprint density at radius 1 is 1.43 bits per heavy atom. The minimum absolute atomic E-state index is 0.140. The molecule has 0 spiro atoms. The summed E-state index contributed by atoms with van der Waals surface area (Å²) in [5, 5.41) is 6.38. The van der Waals surface area contributed by atoms with Gasteiger partial charge in [-0.15, -0.1) is 0 Å². The van der Waals surface area contributed by atoms with Crippen LogP contribution in [0.4, 0.5) is 5.82 Å². The molecule has 0 saturated carbocycles. The number of anilines is 1. The Bertz CT molecular complexity index is 671. The zero-order valence-corrected chi connectivity index (χ0v) is 12.2. The third-order valence-corrected chi connectivity index (χ3v) is 2.77. The first-order valence-electron chi connectivity index (χ1n) is 6.07. The number of hydrogen-bond acceptors (Lipinski definition) is 5. The molecule has 2 heterocycles. The molecule has 0 aliphatic carbocycles. The molecule has 110 valence electrons. The van der Waals surface area contributed by atoms with E-state index in [1.165, 1.54) is 18.0 Å². The van der Waals surface area contributed by atoms with Crippen LogP contribution in [0.3, 0.4) is 0 Å². The second kappa shape index (κ2) is 6.36. The molecule has 0 unspecified atom stereocenters. The maximum absolute atomic E-state index is 12.1. The van der Waals surface area contributed by atoms with Crippen LogP contribution in [0, 0.1) is 6.92 Å². The van der Waals surface area contributed by atoms with Gasteiger partial charge < -0.3 is 14.7 Å². The summed E-state index contributed by atoms with van der Waals surface area (Å²) in [6.45, 7) is 1.57. The third kappa shape index (κ3) is 4.03. The Kier molecular flexibility index (Phi) is 4.54. The number of nitrogens with one attached hydrogen (secondary N) is 1. The van der Waals surface area contributed by atoms with Gasteiger partial charge in [0.15, 0.2) is 5.82 Å². The van der Waals surface area contributed by atoms with E-state index in [9.17, 15) is 9.59 Å². The molecule has 0 radical (unpaired) electrons. The predicted octanol–water partition coefficient (Wildman–Crippen LogP) is 1.74. The van der Waals surface area contributed by atoms with E-state index in [4.69, 9.17) is 16.1 Å². The summed E-state index contributed by atoms with van der Waals surface area (Å²) < 4.78 is 4.83. The number of pyridine rings is 1. The standard InChI is InChI=1S/C13H13ClN4O3/c1-8-6-11(17-21-8)16-12(19)7-18(2)13(20)9-4-3-5-10(14)15-9/h3-6H,7H2,1-2H3,(H,16,17,19). The lowest BCUT2D eigenvalue weighted by Gasteiger charge is -2.15. The first kappa shape index (κ1) is 15.0. The average molecular weight is 309 g/mol. The fraction of sp³-hybridized carbons (Fsp3) is 0.231. The maximum atomic E-state index is 12.1. The fourth-order valence-corrected chi connectivity index (χ4v) is 1.78. The molecule has 2 rings (SSSR count). The molecule has 0 atom stereocenters. The van der Waals surface area contributed by atoms with Gasteiger partial charge in [-0.25, -0.2) is 4.98 Å². The minimum atomic E-state index is -0.399. The van der Waals surface area contributed by atoms with Gasteiger partial charge in [0.05, 0.1) is 6.54 Å². The van der Waals surface area contributed by atoms with Crippen LogP contribution in [0.5, 0.6) is 0 Å². The Hall–Kier alpha value is -2.41. The van der Waals surface area contributed by atoms with Crippen molar-refractivity contribution in [3.63, 3.8) is 0 Å². The number of amides is 2. The fourth-order valence-electron chi connectivity index (χ4n) is 1.62. The average Bonchev–Trinajstić information content (AvgIpc) is 2.82. The lowest BCUT2D eigenvalue weighted by atomic mass is 10.3. The summed E-state index contributed by atoms with van der Waals surface area (Å²) >= 11 is 5.73. The molecular weight excluding hydrogens is 296 g/mol. The van der Waals surface area contributed by atoms with Crippen molar-refractivity contribution in [2.45, 2.75) is 6.92 Å². The van der Waals surface area contributed by atoms with Gasteiger partial charge in [0, 0.05) is 13.1 Å². The molecule has 0 fully saturated rings. The highest BCUT2D eigenvalue weighted by atomic mass is 35.5.